The number of hydrogen-bond acceptors (Lipinski definition) is 4. The van der Waals surface area contributed by atoms with Gasteiger partial charge in [-0.1, -0.05) is 30.3 Å². The number of nitrogens with zero attached hydrogens (tertiary/aromatic N) is 4. The van der Waals surface area contributed by atoms with Crippen LogP contribution in [-0.4, -0.2) is 19.9 Å². The molecule has 0 saturated heterocycles. The fourth-order valence-corrected chi connectivity index (χ4v) is 3.49. The van der Waals surface area contributed by atoms with Crippen molar-refractivity contribution in [3.63, 3.8) is 0 Å². The highest BCUT2D eigenvalue weighted by atomic mass is 19.1. The van der Waals surface area contributed by atoms with E-state index in [9.17, 15) is 4.39 Å². The second kappa shape index (κ2) is 5.95. The first-order valence-corrected chi connectivity index (χ1v) is 8.57. The van der Waals surface area contributed by atoms with Crippen molar-refractivity contribution in [1.29, 1.82) is 0 Å². The lowest BCUT2D eigenvalue weighted by atomic mass is 10.0. The van der Waals surface area contributed by atoms with E-state index in [0.29, 0.717) is 28.9 Å². The molecule has 0 N–H and O–H groups in total. The van der Waals surface area contributed by atoms with Crippen LogP contribution < -0.4 is 0 Å². The molecular formula is C21H15FN4. The Bertz CT molecular complexity index is 1080. The van der Waals surface area contributed by atoms with Gasteiger partial charge in [0.25, 0.3) is 0 Å². The number of rotatable bonds is 3. The molecule has 0 amide bonds. The lowest BCUT2D eigenvalue weighted by molar-refractivity contribution is 0.637. The molecule has 2 atom stereocenters. The molecule has 0 bridgehead atoms. The molecule has 5 heteroatoms. The van der Waals surface area contributed by atoms with Crippen molar-refractivity contribution < 1.29 is 4.39 Å². The quantitative estimate of drug-likeness (QED) is 0.550. The summed E-state index contributed by atoms with van der Waals surface area (Å²) >= 11 is 0. The minimum atomic E-state index is -0.156. The first-order valence-electron chi connectivity index (χ1n) is 8.57. The van der Waals surface area contributed by atoms with E-state index in [1.54, 1.807) is 24.5 Å². The fraction of sp³-hybridized carbons (Fsp3) is 0.143. The molecule has 1 aliphatic carbocycles. The maximum Gasteiger partial charge on any atom is 0.197 e. The minimum absolute atomic E-state index is 0.156. The first kappa shape index (κ1) is 15.1. The SMILES string of the molecule is Fc1cc([C@H]2C[C@H]2c2cnc(-c3ncccn3)nc2)cc2ccccc12. The van der Waals surface area contributed by atoms with Crippen LogP contribution in [0.1, 0.15) is 29.4 Å². The summed E-state index contributed by atoms with van der Waals surface area (Å²) in [4.78, 5) is 17.1. The van der Waals surface area contributed by atoms with E-state index in [4.69, 9.17) is 0 Å². The summed E-state index contributed by atoms with van der Waals surface area (Å²) in [7, 11) is 0. The zero-order valence-corrected chi connectivity index (χ0v) is 13.9. The van der Waals surface area contributed by atoms with Gasteiger partial charge in [0, 0.05) is 30.2 Å². The molecule has 1 aliphatic rings. The van der Waals surface area contributed by atoms with E-state index in [-0.39, 0.29) is 5.82 Å². The Morgan fingerprint density at radius 3 is 2.27 bits per heavy atom. The monoisotopic (exact) mass is 342 g/mol. The Labute approximate surface area is 149 Å². The van der Waals surface area contributed by atoms with Gasteiger partial charge in [0.1, 0.15) is 5.82 Å². The molecule has 126 valence electrons. The third-order valence-corrected chi connectivity index (χ3v) is 4.92. The molecule has 1 saturated carbocycles. The Morgan fingerprint density at radius 2 is 1.46 bits per heavy atom. The third-order valence-electron chi connectivity index (χ3n) is 4.92. The van der Waals surface area contributed by atoms with Gasteiger partial charge in [-0.05, 0) is 46.9 Å². The molecule has 4 nitrogen and oxygen atoms in total. The zero-order valence-electron chi connectivity index (χ0n) is 13.9. The van der Waals surface area contributed by atoms with Crippen molar-refractivity contribution in [2.24, 2.45) is 0 Å². The van der Waals surface area contributed by atoms with Gasteiger partial charge < -0.3 is 0 Å². The molecule has 4 aromatic rings. The van der Waals surface area contributed by atoms with Crippen molar-refractivity contribution >= 4 is 10.8 Å². The van der Waals surface area contributed by atoms with Crippen molar-refractivity contribution in [2.45, 2.75) is 18.3 Å². The van der Waals surface area contributed by atoms with Gasteiger partial charge in [-0.2, -0.15) is 0 Å². The summed E-state index contributed by atoms with van der Waals surface area (Å²) in [6.07, 6.45) is 8.00. The van der Waals surface area contributed by atoms with Crippen LogP contribution >= 0.6 is 0 Å². The van der Waals surface area contributed by atoms with E-state index < -0.39 is 0 Å². The predicted octanol–water partition coefficient (Wildman–Crippen LogP) is 4.50. The Balaban J connectivity index is 1.40. The van der Waals surface area contributed by atoms with Gasteiger partial charge in [0.05, 0.1) is 0 Å². The standard InChI is InChI=1S/C21H15FN4/c22-19-9-14(8-13-4-1-2-5-16(13)19)17-10-18(17)15-11-25-21(26-12-15)20-23-6-3-7-24-20/h1-9,11-12,17-18H,10H2/t17-,18+/m1/s1. The highest BCUT2D eigenvalue weighted by molar-refractivity contribution is 5.84. The fourth-order valence-electron chi connectivity index (χ4n) is 3.49. The normalized spacial score (nSPS) is 18.8. The molecule has 0 radical (unpaired) electrons. The topological polar surface area (TPSA) is 51.6 Å². The Morgan fingerprint density at radius 1 is 0.769 bits per heavy atom. The molecule has 2 heterocycles. The smallest absolute Gasteiger partial charge is 0.197 e. The van der Waals surface area contributed by atoms with Crippen LogP contribution in [0.3, 0.4) is 0 Å². The molecule has 26 heavy (non-hydrogen) atoms. The summed E-state index contributed by atoms with van der Waals surface area (Å²) in [5.74, 6) is 1.53. The van der Waals surface area contributed by atoms with Crippen LogP contribution in [0.25, 0.3) is 22.4 Å². The summed E-state index contributed by atoms with van der Waals surface area (Å²) in [5.41, 5.74) is 2.12. The van der Waals surface area contributed by atoms with E-state index in [1.165, 1.54) is 0 Å². The highest BCUT2D eigenvalue weighted by Crippen LogP contribution is 2.54. The van der Waals surface area contributed by atoms with E-state index in [2.05, 4.69) is 26.0 Å². The third kappa shape index (κ3) is 2.62. The van der Waals surface area contributed by atoms with Gasteiger partial charge in [0.15, 0.2) is 11.6 Å². The summed E-state index contributed by atoms with van der Waals surface area (Å²) in [6.45, 7) is 0. The van der Waals surface area contributed by atoms with Gasteiger partial charge in [-0.25, -0.2) is 24.3 Å². The Kier molecular flexibility index (Phi) is 3.45. The maximum atomic E-state index is 14.4. The van der Waals surface area contributed by atoms with Crippen LogP contribution in [0.4, 0.5) is 4.39 Å². The molecular weight excluding hydrogens is 327 g/mol. The van der Waals surface area contributed by atoms with Gasteiger partial charge in [0.2, 0.25) is 0 Å². The molecule has 5 rings (SSSR count). The predicted molar refractivity (Wildman–Crippen MR) is 97.1 cm³/mol. The second-order valence-corrected chi connectivity index (χ2v) is 6.58. The average Bonchev–Trinajstić information content (AvgIpc) is 3.50. The lowest BCUT2D eigenvalue weighted by Gasteiger charge is -2.06. The van der Waals surface area contributed by atoms with Crippen LogP contribution in [0.2, 0.25) is 0 Å². The van der Waals surface area contributed by atoms with Crippen molar-refractivity contribution in [2.75, 3.05) is 0 Å². The molecule has 0 aliphatic heterocycles. The summed E-state index contributed by atoms with van der Waals surface area (Å²) in [5, 5.41) is 1.62. The van der Waals surface area contributed by atoms with Crippen LogP contribution in [-0.2, 0) is 0 Å². The lowest BCUT2D eigenvalue weighted by Crippen LogP contribution is -1.96. The molecule has 2 aromatic heterocycles. The summed E-state index contributed by atoms with van der Waals surface area (Å²) < 4.78 is 14.4. The zero-order chi connectivity index (χ0) is 17.5. The second-order valence-electron chi connectivity index (χ2n) is 6.58. The number of aromatic nitrogens is 4. The molecule has 2 aromatic carbocycles. The van der Waals surface area contributed by atoms with Crippen LogP contribution in [0.5, 0.6) is 0 Å². The maximum absolute atomic E-state index is 14.4. The molecule has 0 spiro atoms. The Hall–Kier alpha value is -3.21. The first-order chi connectivity index (χ1) is 12.8. The number of halogens is 1. The molecule has 1 fully saturated rings. The average molecular weight is 342 g/mol. The van der Waals surface area contributed by atoms with Gasteiger partial charge >= 0.3 is 0 Å². The van der Waals surface area contributed by atoms with Crippen LogP contribution in [0.15, 0.2) is 67.3 Å². The van der Waals surface area contributed by atoms with Crippen LogP contribution in [0, 0.1) is 5.82 Å². The van der Waals surface area contributed by atoms with Crippen molar-refractivity contribution in [3.8, 4) is 11.6 Å². The van der Waals surface area contributed by atoms with Crippen molar-refractivity contribution in [1.82, 2.24) is 19.9 Å². The van der Waals surface area contributed by atoms with E-state index >= 15 is 0 Å². The number of hydrogen-bond donors (Lipinski definition) is 0. The number of fused-ring (bicyclic) bond motifs is 1. The molecule has 0 unspecified atom stereocenters. The van der Waals surface area contributed by atoms with Gasteiger partial charge in [-0.15, -0.1) is 0 Å². The minimum Gasteiger partial charge on any atom is -0.234 e. The van der Waals surface area contributed by atoms with Gasteiger partial charge in [-0.3, -0.25) is 0 Å². The number of benzene rings is 2. The van der Waals surface area contributed by atoms with E-state index in [1.807, 2.05) is 36.7 Å². The van der Waals surface area contributed by atoms with Crippen molar-refractivity contribution in [3.05, 3.63) is 84.2 Å². The van der Waals surface area contributed by atoms with E-state index in [0.717, 1.165) is 22.9 Å². The highest BCUT2D eigenvalue weighted by Gasteiger charge is 2.40. The summed E-state index contributed by atoms with van der Waals surface area (Å²) in [6, 6.07) is 13.1. The largest absolute Gasteiger partial charge is 0.234 e.